The van der Waals surface area contributed by atoms with Crippen LogP contribution in [0.25, 0.3) is 0 Å². The summed E-state index contributed by atoms with van der Waals surface area (Å²) in [6.45, 7) is 2.02. The van der Waals surface area contributed by atoms with Gasteiger partial charge >= 0.3 is 0 Å². The van der Waals surface area contributed by atoms with Crippen LogP contribution in [-0.2, 0) is 5.60 Å². The van der Waals surface area contributed by atoms with Gasteiger partial charge in [0.15, 0.2) is 0 Å². The Labute approximate surface area is 147 Å². The summed E-state index contributed by atoms with van der Waals surface area (Å²) in [5, 5.41) is 14.2. The first-order chi connectivity index (χ1) is 12.1. The van der Waals surface area contributed by atoms with E-state index in [4.69, 9.17) is 0 Å². The molecule has 3 rings (SSSR count). The SMILES string of the molecule is CC(O)(CNC(c1ccccc1)c1ccccn1)c1ccc(F)cc1. The Morgan fingerprint density at radius 2 is 1.68 bits per heavy atom. The number of aliphatic hydroxyl groups is 1. The number of halogens is 1. The van der Waals surface area contributed by atoms with E-state index < -0.39 is 5.60 Å². The number of nitrogens with one attached hydrogen (secondary N) is 1. The second-order valence-corrected chi connectivity index (χ2v) is 6.26. The van der Waals surface area contributed by atoms with Crippen LogP contribution in [0.3, 0.4) is 0 Å². The van der Waals surface area contributed by atoms with Crippen LogP contribution in [0.1, 0.15) is 29.8 Å². The Morgan fingerprint density at radius 3 is 2.32 bits per heavy atom. The third-order valence-corrected chi connectivity index (χ3v) is 4.23. The summed E-state index contributed by atoms with van der Waals surface area (Å²) in [7, 11) is 0. The Morgan fingerprint density at radius 1 is 1.00 bits per heavy atom. The molecule has 0 aliphatic heterocycles. The molecule has 0 amide bonds. The molecule has 0 fully saturated rings. The van der Waals surface area contributed by atoms with E-state index >= 15 is 0 Å². The fourth-order valence-electron chi connectivity index (χ4n) is 2.80. The minimum atomic E-state index is -1.13. The van der Waals surface area contributed by atoms with Crippen molar-refractivity contribution >= 4 is 0 Å². The highest BCUT2D eigenvalue weighted by Gasteiger charge is 2.25. The third kappa shape index (κ3) is 4.29. The molecular weight excluding hydrogens is 315 g/mol. The molecular formula is C21H21FN2O. The van der Waals surface area contributed by atoms with E-state index in [0.29, 0.717) is 12.1 Å². The first-order valence-electron chi connectivity index (χ1n) is 8.24. The van der Waals surface area contributed by atoms with Gasteiger partial charge in [0.05, 0.1) is 17.3 Å². The van der Waals surface area contributed by atoms with Crippen LogP contribution < -0.4 is 5.32 Å². The Kier molecular flexibility index (Phi) is 5.22. The van der Waals surface area contributed by atoms with Crippen LogP contribution in [0.4, 0.5) is 4.39 Å². The monoisotopic (exact) mass is 336 g/mol. The maximum atomic E-state index is 13.1. The molecule has 2 N–H and O–H groups in total. The number of pyridine rings is 1. The highest BCUT2D eigenvalue weighted by Crippen LogP contribution is 2.24. The Hall–Kier alpha value is -2.56. The van der Waals surface area contributed by atoms with Crippen molar-refractivity contribution in [1.82, 2.24) is 10.3 Å². The van der Waals surface area contributed by atoms with Gasteiger partial charge in [-0.05, 0) is 42.3 Å². The number of rotatable bonds is 6. The lowest BCUT2D eigenvalue weighted by molar-refractivity contribution is 0.0548. The van der Waals surface area contributed by atoms with E-state index in [-0.39, 0.29) is 11.9 Å². The zero-order valence-corrected chi connectivity index (χ0v) is 14.1. The maximum absolute atomic E-state index is 13.1. The standard InChI is InChI=1S/C21H21FN2O/c1-21(25,17-10-12-18(22)13-11-17)15-24-20(16-7-3-2-4-8-16)19-9-5-6-14-23-19/h2-14,20,24-25H,15H2,1H3. The number of aromatic nitrogens is 1. The second kappa shape index (κ2) is 7.55. The minimum Gasteiger partial charge on any atom is -0.384 e. The summed E-state index contributed by atoms with van der Waals surface area (Å²) in [4.78, 5) is 4.45. The molecule has 0 aliphatic rings. The lowest BCUT2D eigenvalue weighted by atomic mass is 9.94. The molecule has 128 valence electrons. The van der Waals surface area contributed by atoms with Gasteiger partial charge in [-0.15, -0.1) is 0 Å². The van der Waals surface area contributed by atoms with Gasteiger partial charge in [0.2, 0.25) is 0 Å². The predicted molar refractivity (Wildman–Crippen MR) is 96.5 cm³/mol. The number of nitrogens with zero attached hydrogens (tertiary/aromatic N) is 1. The zero-order chi connectivity index (χ0) is 17.7. The van der Waals surface area contributed by atoms with Crippen LogP contribution in [-0.4, -0.2) is 16.6 Å². The van der Waals surface area contributed by atoms with Gasteiger partial charge < -0.3 is 10.4 Å². The summed E-state index contributed by atoms with van der Waals surface area (Å²) in [6.07, 6.45) is 1.76. The molecule has 0 bridgehead atoms. The van der Waals surface area contributed by atoms with Crippen LogP contribution in [0.15, 0.2) is 79.0 Å². The lowest BCUT2D eigenvalue weighted by Gasteiger charge is -2.28. The van der Waals surface area contributed by atoms with Gasteiger partial charge in [0.1, 0.15) is 5.82 Å². The molecule has 3 nitrogen and oxygen atoms in total. The summed E-state index contributed by atoms with van der Waals surface area (Å²) in [6, 6.07) is 21.5. The zero-order valence-electron chi connectivity index (χ0n) is 14.1. The second-order valence-electron chi connectivity index (χ2n) is 6.26. The van der Waals surface area contributed by atoms with Crippen molar-refractivity contribution in [3.05, 3.63) is 102 Å². The highest BCUT2D eigenvalue weighted by molar-refractivity contribution is 5.28. The molecule has 0 spiro atoms. The highest BCUT2D eigenvalue weighted by atomic mass is 19.1. The van der Waals surface area contributed by atoms with Gasteiger partial charge in [-0.1, -0.05) is 48.5 Å². The van der Waals surface area contributed by atoms with Gasteiger partial charge in [0, 0.05) is 12.7 Å². The predicted octanol–water partition coefficient (Wildman–Crippen LogP) is 3.81. The van der Waals surface area contributed by atoms with E-state index in [9.17, 15) is 9.50 Å². The van der Waals surface area contributed by atoms with Crippen molar-refractivity contribution in [3.63, 3.8) is 0 Å². The van der Waals surface area contributed by atoms with E-state index in [1.165, 1.54) is 12.1 Å². The van der Waals surface area contributed by atoms with Crippen LogP contribution in [0, 0.1) is 5.82 Å². The average molecular weight is 336 g/mol. The molecule has 1 heterocycles. The Bertz CT molecular complexity index is 750. The van der Waals surface area contributed by atoms with Crippen molar-refractivity contribution in [3.8, 4) is 0 Å². The van der Waals surface area contributed by atoms with Gasteiger partial charge in [-0.25, -0.2) is 4.39 Å². The molecule has 2 atom stereocenters. The molecule has 0 saturated heterocycles. The summed E-state index contributed by atoms with van der Waals surface area (Å²) < 4.78 is 13.1. The van der Waals surface area contributed by atoms with Crippen LogP contribution in [0.2, 0.25) is 0 Å². The molecule has 4 heteroatoms. The minimum absolute atomic E-state index is 0.144. The molecule has 2 unspecified atom stereocenters. The molecule has 2 aromatic carbocycles. The van der Waals surface area contributed by atoms with Crippen molar-refractivity contribution in [2.24, 2.45) is 0 Å². The number of hydrogen-bond donors (Lipinski definition) is 2. The number of hydrogen-bond acceptors (Lipinski definition) is 3. The molecule has 3 aromatic rings. The molecule has 0 aliphatic carbocycles. The molecule has 1 aromatic heterocycles. The first-order valence-corrected chi connectivity index (χ1v) is 8.24. The van der Waals surface area contributed by atoms with E-state index in [0.717, 1.165) is 11.3 Å². The Balaban J connectivity index is 1.82. The van der Waals surface area contributed by atoms with E-state index in [1.54, 1.807) is 25.3 Å². The van der Waals surface area contributed by atoms with E-state index in [1.807, 2.05) is 48.5 Å². The van der Waals surface area contributed by atoms with Crippen molar-refractivity contribution in [2.75, 3.05) is 6.54 Å². The van der Waals surface area contributed by atoms with Gasteiger partial charge in [0.25, 0.3) is 0 Å². The third-order valence-electron chi connectivity index (χ3n) is 4.23. The van der Waals surface area contributed by atoms with E-state index in [2.05, 4.69) is 10.3 Å². The van der Waals surface area contributed by atoms with Crippen molar-refractivity contribution < 1.29 is 9.50 Å². The lowest BCUT2D eigenvalue weighted by Crippen LogP contribution is -2.38. The fourth-order valence-corrected chi connectivity index (χ4v) is 2.80. The summed E-state index contributed by atoms with van der Waals surface area (Å²) >= 11 is 0. The molecule has 25 heavy (non-hydrogen) atoms. The fraction of sp³-hybridized carbons (Fsp3) is 0.190. The van der Waals surface area contributed by atoms with Crippen LogP contribution >= 0.6 is 0 Å². The molecule has 0 radical (unpaired) electrons. The van der Waals surface area contributed by atoms with Gasteiger partial charge in [-0.2, -0.15) is 0 Å². The van der Waals surface area contributed by atoms with Crippen LogP contribution in [0.5, 0.6) is 0 Å². The summed E-state index contributed by atoms with van der Waals surface area (Å²) in [5.74, 6) is -0.317. The average Bonchev–Trinajstić information content (AvgIpc) is 2.64. The smallest absolute Gasteiger partial charge is 0.123 e. The van der Waals surface area contributed by atoms with Gasteiger partial charge in [-0.3, -0.25) is 4.98 Å². The first kappa shape index (κ1) is 17.3. The maximum Gasteiger partial charge on any atom is 0.123 e. The topological polar surface area (TPSA) is 45.1 Å². The van der Waals surface area contributed by atoms with Crippen molar-refractivity contribution in [1.29, 1.82) is 0 Å². The van der Waals surface area contributed by atoms with Crippen molar-refractivity contribution in [2.45, 2.75) is 18.6 Å². The largest absolute Gasteiger partial charge is 0.384 e. The summed E-state index contributed by atoms with van der Waals surface area (Å²) in [5.41, 5.74) is 1.48. The molecule has 0 saturated carbocycles. The number of benzene rings is 2. The quantitative estimate of drug-likeness (QED) is 0.719. The normalized spacial score (nSPS) is 14.7.